The van der Waals surface area contributed by atoms with Gasteiger partial charge in [0.1, 0.15) is 0 Å². The first-order valence-electron chi connectivity index (χ1n) is 4.58. The zero-order valence-electron chi connectivity index (χ0n) is 8.43. The van der Waals surface area contributed by atoms with Crippen molar-refractivity contribution in [2.24, 2.45) is 5.73 Å². The smallest absolute Gasteiger partial charge is 0.0431 e. The molecular formula is C9H22N2O. The van der Waals surface area contributed by atoms with Crippen molar-refractivity contribution in [3.8, 4) is 0 Å². The van der Waals surface area contributed by atoms with Gasteiger partial charge in [0.25, 0.3) is 0 Å². The van der Waals surface area contributed by atoms with Crippen LogP contribution in [0.3, 0.4) is 0 Å². The Morgan fingerprint density at radius 3 is 2.33 bits per heavy atom. The second kappa shape index (κ2) is 5.51. The minimum Gasteiger partial charge on any atom is -0.396 e. The number of nitrogens with one attached hydrogen (secondary N) is 1. The molecule has 0 aromatic heterocycles. The van der Waals surface area contributed by atoms with E-state index in [1.54, 1.807) is 0 Å². The summed E-state index contributed by atoms with van der Waals surface area (Å²) >= 11 is 0. The van der Waals surface area contributed by atoms with E-state index in [1.165, 1.54) is 0 Å². The van der Waals surface area contributed by atoms with Crippen molar-refractivity contribution in [2.75, 3.05) is 13.2 Å². The molecule has 0 bridgehead atoms. The lowest BCUT2D eigenvalue weighted by Crippen LogP contribution is -2.47. The summed E-state index contributed by atoms with van der Waals surface area (Å²) in [6, 6.07) is 0.331. The molecule has 12 heavy (non-hydrogen) atoms. The molecule has 0 aliphatic heterocycles. The highest BCUT2D eigenvalue weighted by atomic mass is 16.2. The van der Waals surface area contributed by atoms with Crippen LogP contribution in [0.25, 0.3) is 0 Å². The van der Waals surface area contributed by atoms with Crippen LogP contribution in [0.2, 0.25) is 0 Å². The number of aliphatic hydroxyl groups excluding tert-OH is 1. The van der Waals surface area contributed by atoms with Crippen LogP contribution in [0.1, 0.15) is 33.6 Å². The molecule has 0 amide bonds. The summed E-state index contributed by atoms with van der Waals surface area (Å²) in [5.41, 5.74) is 5.69. The van der Waals surface area contributed by atoms with Gasteiger partial charge in [0, 0.05) is 24.7 Å². The molecule has 0 spiro atoms. The number of rotatable bonds is 5. The second-order valence-electron chi connectivity index (χ2n) is 4.19. The summed E-state index contributed by atoms with van der Waals surface area (Å²) in [5.74, 6) is 0. The lowest BCUT2D eigenvalue weighted by atomic mass is 10.0. The van der Waals surface area contributed by atoms with E-state index in [-0.39, 0.29) is 12.1 Å². The van der Waals surface area contributed by atoms with Crippen LogP contribution < -0.4 is 11.1 Å². The van der Waals surface area contributed by atoms with Crippen LogP contribution in [0.15, 0.2) is 0 Å². The van der Waals surface area contributed by atoms with Crippen LogP contribution in [0, 0.1) is 0 Å². The molecule has 1 atom stereocenters. The fourth-order valence-electron chi connectivity index (χ4n) is 1.20. The summed E-state index contributed by atoms with van der Waals surface area (Å²) in [6.07, 6.45) is 1.77. The average Bonchev–Trinajstić information content (AvgIpc) is 1.95. The molecule has 0 saturated heterocycles. The largest absolute Gasteiger partial charge is 0.396 e. The molecule has 3 nitrogen and oxygen atoms in total. The number of hydrogen-bond acceptors (Lipinski definition) is 3. The summed E-state index contributed by atoms with van der Waals surface area (Å²) in [5, 5.41) is 12.0. The van der Waals surface area contributed by atoms with Gasteiger partial charge in [-0.15, -0.1) is 0 Å². The summed E-state index contributed by atoms with van der Waals surface area (Å²) in [6.45, 7) is 7.25. The Balaban J connectivity index is 3.67. The van der Waals surface area contributed by atoms with E-state index in [0.29, 0.717) is 12.6 Å². The second-order valence-corrected chi connectivity index (χ2v) is 4.19. The third-order valence-electron chi connectivity index (χ3n) is 1.63. The van der Waals surface area contributed by atoms with Gasteiger partial charge in [-0.2, -0.15) is 0 Å². The third-order valence-corrected chi connectivity index (χ3v) is 1.63. The zero-order valence-corrected chi connectivity index (χ0v) is 8.43. The van der Waals surface area contributed by atoms with E-state index in [9.17, 15) is 0 Å². The maximum Gasteiger partial charge on any atom is 0.0431 e. The Hall–Kier alpha value is -0.120. The SMILES string of the molecule is CC(C)(C)NC(CN)CCCO. The predicted octanol–water partition coefficient (Wildman–Crippen LogP) is 0.474. The number of aliphatic hydroxyl groups is 1. The third kappa shape index (κ3) is 6.58. The molecule has 4 N–H and O–H groups in total. The van der Waals surface area contributed by atoms with Gasteiger partial charge in [-0.3, -0.25) is 0 Å². The van der Waals surface area contributed by atoms with Crippen molar-refractivity contribution in [3.05, 3.63) is 0 Å². The number of nitrogens with two attached hydrogens (primary N) is 1. The highest BCUT2D eigenvalue weighted by Gasteiger charge is 2.14. The minimum atomic E-state index is 0.111. The van der Waals surface area contributed by atoms with Gasteiger partial charge in [-0.25, -0.2) is 0 Å². The van der Waals surface area contributed by atoms with E-state index in [1.807, 2.05) is 0 Å². The van der Waals surface area contributed by atoms with Crippen molar-refractivity contribution < 1.29 is 5.11 Å². The highest BCUT2D eigenvalue weighted by molar-refractivity contribution is 4.78. The summed E-state index contributed by atoms with van der Waals surface area (Å²) in [4.78, 5) is 0. The molecule has 0 aromatic rings. The van der Waals surface area contributed by atoms with Crippen molar-refractivity contribution in [1.29, 1.82) is 0 Å². The molecule has 1 unspecified atom stereocenters. The van der Waals surface area contributed by atoms with Crippen molar-refractivity contribution >= 4 is 0 Å². The van der Waals surface area contributed by atoms with E-state index in [4.69, 9.17) is 10.8 Å². The fourth-order valence-corrected chi connectivity index (χ4v) is 1.20. The highest BCUT2D eigenvalue weighted by Crippen LogP contribution is 2.04. The monoisotopic (exact) mass is 174 g/mol. The maximum atomic E-state index is 8.64. The average molecular weight is 174 g/mol. The molecule has 0 aromatic carbocycles. The van der Waals surface area contributed by atoms with E-state index >= 15 is 0 Å². The van der Waals surface area contributed by atoms with Crippen LogP contribution in [-0.4, -0.2) is 29.8 Å². The molecule has 0 saturated carbocycles. The maximum absolute atomic E-state index is 8.64. The Kier molecular flexibility index (Phi) is 5.46. The van der Waals surface area contributed by atoms with Crippen LogP contribution >= 0.6 is 0 Å². The fraction of sp³-hybridized carbons (Fsp3) is 1.00. The summed E-state index contributed by atoms with van der Waals surface area (Å²) in [7, 11) is 0. The van der Waals surface area contributed by atoms with Gasteiger partial charge in [-0.1, -0.05) is 0 Å². The Morgan fingerprint density at radius 1 is 1.42 bits per heavy atom. The quantitative estimate of drug-likeness (QED) is 0.568. The van der Waals surface area contributed by atoms with E-state index in [2.05, 4.69) is 26.1 Å². The van der Waals surface area contributed by atoms with Crippen molar-refractivity contribution in [2.45, 2.75) is 45.2 Å². The van der Waals surface area contributed by atoms with Crippen molar-refractivity contribution in [3.63, 3.8) is 0 Å². The molecular weight excluding hydrogens is 152 g/mol. The van der Waals surface area contributed by atoms with Gasteiger partial charge in [0.15, 0.2) is 0 Å². The van der Waals surface area contributed by atoms with Crippen molar-refractivity contribution in [1.82, 2.24) is 5.32 Å². The first kappa shape index (κ1) is 11.9. The van der Waals surface area contributed by atoms with Gasteiger partial charge in [0.05, 0.1) is 0 Å². The molecule has 3 heteroatoms. The number of hydrogen-bond donors (Lipinski definition) is 3. The standard InChI is InChI=1S/C9H22N2O/c1-9(2,3)11-8(7-10)5-4-6-12/h8,11-12H,4-7,10H2,1-3H3. The Morgan fingerprint density at radius 2 is 2.00 bits per heavy atom. The van der Waals surface area contributed by atoms with Crippen LogP contribution in [0.5, 0.6) is 0 Å². The first-order valence-corrected chi connectivity index (χ1v) is 4.58. The Labute approximate surface area is 75.3 Å². The van der Waals surface area contributed by atoms with Gasteiger partial charge in [-0.05, 0) is 33.6 Å². The summed E-state index contributed by atoms with van der Waals surface area (Å²) < 4.78 is 0. The molecule has 0 fully saturated rings. The molecule has 0 rings (SSSR count). The molecule has 0 heterocycles. The lowest BCUT2D eigenvalue weighted by Gasteiger charge is -2.27. The first-order chi connectivity index (χ1) is 5.49. The minimum absolute atomic E-state index is 0.111. The van der Waals surface area contributed by atoms with E-state index in [0.717, 1.165) is 12.8 Å². The molecule has 74 valence electrons. The van der Waals surface area contributed by atoms with Gasteiger partial charge < -0.3 is 16.2 Å². The van der Waals surface area contributed by atoms with Crippen LogP contribution in [0.4, 0.5) is 0 Å². The molecule has 0 aliphatic rings. The Bertz CT molecular complexity index is 110. The zero-order chi connectivity index (χ0) is 9.61. The topological polar surface area (TPSA) is 58.3 Å². The van der Waals surface area contributed by atoms with E-state index < -0.39 is 0 Å². The molecule has 0 radical (unpaired) electrons. The lowest BCUT2D eigenvalue weighted by molar-refractivity contribution is 0.264. The normalized spacial score (nSPS) is 14.8. The van der Waals surface area contributed by atoms with Gasteiger partial charge >= 0.3 is 0 Å². The van der Waals surface area contributed by atoms with Crippen LogP contribution in [-0.2, 0) is 0 Å². The molecule has 0 aliphatic carbocycles. The predicted molar refractivity (Wildman–Crippen MR) is 52.1 cm³/mol. The van der Waals surface area contributed by atoms with Gasteiger partial charge in [0.2, 0.25) is 0 Å².